The number of hydrogen-bond acceptors (Lipinski definition) is 4. The third kappa shape index (κ3) is 4.77. The number of benzene rings is 2. The Labute approximate surface area is 177 Å². The fourth-order valence-electron chi connectivity index (χ4n) is 3.11. The largest absolute Gasteiger partial charge is 0.352 e. The highest BCUT2D eigenvalue weighted by molar-refractivity contribution is 7.89. The van der Waals surface area contributed by atoms with E-state index >= 15 is 0 Å². The number of aromatic nitrogens is 2. The maximum atomic E-state index is 12.3. The molecular weight excluding hydrogens is 400 g/mol. The van der Waals surface area contributed by atoms with Crippen LogP contribution in [0.15, 0.2) is 59.5 Å². The molecule has 0 fully saturated rings. The Morgan fingerprint density at radius 1 is 1.03 bits per heavy atom. The Morgan fingerprint density at radius 2 is 1.67 bits per heavy atom. The smallest absolute Gasteiger partial charge is 0.251 e. The summed E-state index contributed by atoms with van der Waals surface area (Å²) in [7, 11) is -0.558. The minimum absolute atomic E-state index is 0.159. The molecule has 0 saturated heterocycles. The standard InChI is InChI=1S/C22H26N4O3S/c1-16-15-17(2)26(24-16)20-9-5-18(6-10-20)13-14-23-22(27)19-7-11-21(12-8-19)30(28,29)25(3)4/h5-12,15H,13-14H2,1-4H3,(H,23,27). The minimum atomic E-state index is -3.50. The van der Waals surface area contributed by atoms with Crippen LogP contribution in [0.4, 0.5) is 0 Å². The van der Waals surface area contributed by atoms with Crippen LogP contribution in [-0.4, -0.2) is 49.1 Å². The van der Waals surface area contributed by atoms with E-state index in [4.69, 9.17) is 0 Å². The molecule has 0 aliphatic heterocycles. The quantitative estimate of drug-likeness (QED) is 0.630. The maximum Gasteiger partial charge on any atom is 0.251 e. The summed E-state index contributed by atoms with van der Waals surface area (Å²) in [6.45, 7) is 4.47. The lowest BCUT2D eigenvalue weighted by Crippen LogP contribution is -2.26. The first kappa shape index (κ1) is 21.7. The minimum Gasteiger partial charge on any atom is -0.352 e. The van der Waals surface area contributed by atoms with Crippen molar-refractivity contribution < 1.29 is 13.2 Å². The lowest BCUT2D eigenvalue weighted by atomic mass is 10.1. The molecule has 0 unspecified atom stereocenters. The number of nitrogens with one attached hydrogen (secondary N) is 1. The van der Waals surface area contributed by atoms with E-state index in [9.17, 15) is 13.2 Å². The first-order valence-corrected chi connectivity index (χ1v) is 11.1. The van der Waals surface area contributed by atoms with Crippen molar-refractivity contribution in [1.82, 2.24) is 19.4 Å². The first-order valence-electron chi connectivity index (χ1n) is 9.62. The van der Waals surface area contributed by atoms with Crippen LogP contribution in [0.25, 0.3) is 5.69 Å². The van der Waals surface area contributed by atoms with Crippen molar-refractivity contribution in [2.75, 3.05) is 20.6 Å². The van der Waals surface area contributed by atoms with E-state index in [1.165, 1.54) is 38.4 Å². The Kier molecular flexibility index (Phi) is 6.38. The van der Waals surface area contributed by atoms with Crippen LogP contribution in [0, 0.1) is 13.8 Å². The van der Waals surface area contributed by atoms with E-state index in [2.05, 4.69) is 10.4 Å². The van der Waals surface area contributed by atoms with Crippen LogP contribution in [0.1, 0.15) is 27.3 Å². The molecule has 0 aliphatic carbocycles. The molecule has 0 saturated carbocycles. The summed E-state index contributed by atoms with van der Waals surface area (Å²) in [6, 6.07) is 16.1. The second-order valence-corrected chi connectivity index (χ2v) is 9.47. The summed E-state index contributed by atoms with van der Waals surface area (Å²) >= 11 is 0. The van der Waals surface area contributed by atoms with E-state index in [1.807, 2.05) is 48.9 Å². The van der Waals surface area contributed by atoms with Crippen molar-refractivity contribution in [3.63, 3.8) is 0 Å². The number of carbonyl (C=O) groups is 1. The molecule has 0 radical (unpaired) electrons. The van der Waals surface area contributed by atoms with Gasteiger partial charge in [-0.2, -0.15) is 5.10 Å². The lowest BCUT2D eigenvalue weighted by molar-refractivity contribution is 0.0954. The van der Waals surface area contributed by atoms with E-state index in [1.54, 1.807) is 0 Å². The highest BCUT2D eigenvalue weighted by atomic mass is 32.2. The number of nitrogens with zero attached hydrogens (tertiary/aromatic N) is 3. The van der Waals surface area contributed by atoms with Crippen molar-refractivity contribution in [3.05, 3.63) is 77.1 Å². The molecule has 7 nitrogen and oxygen atoms in total. The molecule has 2 aromatic carbocycles. The van der Waals surface area contributed by atoms with Crippen LogP contribution in [0.2, 0.25) is 0 Å². The molecule has 30 heavy (non-hydrogen) atoms. The molecule has 1 aromatic heterocycles. The molecule has 3 aromatic rings. The summed E-state index contributed by atoms with van der Waals surface area (Å²) in [6.07, 6.45) is 0.691. The van der Waals surface area contributed by atoms with Crippen molar-refractivity contribution >= 4 is 15.9 Å². The van der Waals surface area contributed by atoms with Crippen LogP contribution in [0.3, 0.4) is 0 Å². The zero-order valence-corrected chi connectivity index (χ0v) is 18.4. The van der Waals surface area contributed by atoms with E-state index in [-0.39, 0.29) is 10.8 Å². The number of aryl methyl sites for hydroxylation is 2. The highest BCUT2D eigenvalue weighted by Gasteiger charge is 2.17. The van der Waals surface area contributed by atoms with Gasteiger partial charge in [-0.25, -0.2) is 17.4 Å². The Morgan fingerprint density at radius 3 is 2.20 bits per heavy atom. The predicted octanol–water partition coefficient (Wildman–Crippen LogP) is 2.71. The highest BCUT2D eigenvalue weighted by Crippen LogP contribution is 2.15. The van der Waals surface area contributed by atoms with Gasteiger partial charge in [0, 0.05) is 31.9 Å². The summed E-state index contributed by atoms with van der Waals surface area (Å²) in [5, 5.41) is 7.35. The maximum absolute atomic E-state index is 12.3. The average Bonchev–Trinajstić information content (AvgIpc) is 3.06. The topological polar surface area (TPSA) is 84.3 Å². The van der Waals surface area contributed by atoms with Crippen LogP contribution in [-0.2, 0) is 16.4 Å². The van der Waals surface area contributed by atoms with Crippen molar-refractivity contribution in [2.45, 2.75) is 25.2 Å². The zero-order valence-electron chi connectivity index (χ0n) is 17.6. The van der Waals surface area contributed by atoms with E-state index in [0.717, 1.165) is 26.9 Å². The number of carbonyl (C=O) groups excluding carboxylic acids is 1. The molecule has 1 amide bonds. The van der Waals surface area contributed by atoms with Gasteiger partial charge in [0.25, 0.3) is 5.91 Å². The Bertz CT molecular complexity index is 1130. The second kappa shape index (κ2) is 8.81. The van der Waals surface area contributed by atoms with Crippen molar-refractivity contribution in [3.8, 4) is 5.69 Å². The van der Waals surface area contributed by atoms with Gasteiger partial charge in [0.1, 0.15) is 0 Å². The van der Waals surface area contributed by atoms with Gasteiger partial charge in [-0.3, -0.25) is 4.79 Å². The molecule has 158 valence electrons. The molecule has 1 N–H and O–H groups in total. The van der Waals surface area contributed by atoms with Gasteiger partial charge in [0.05, 0.1) is 16.3 Å². The van der Waals surface area contributed by atoms with E-state index < -0.39 is 10.0 Å². The lowest BCUT2D eigenvalue weighted by Gasteiger charge is -2.11. The van der Waals surface area contributed by atoms with Gasteiger partial charge in [0.2, 0.25) is 10.0 Å². The number of sulfonamides is 1. The monoisotopic (exact) mass is 426 g/mol. The SMILES string of the molecule is Cc1cc(C)n(-c2ccc(CCNC(=O)c3ccc(S(=O)(=O)N(C)C)cc3)cc2)n1. The van der Waals surface area contributed by atoms with E-state index in [0.29, 0.717) is 18.5 Å². The second-order valence-electron chi connectivity index (χ2n) is 7.32. The first-order chi connectivity index (χ1) is 14.2. The number of amides is 1. The van der Waals surface area contributed by atoms with Crippen LogP contribution in [0.5, 0.6) is 0 Å². The third-order valence-electron chi connectivity index (χ3n) is 4.78. The third-order valence-corrected chi connectivity index (χ3v) is 6.61. The van der Waals surface area contributed by atoms with Crippen LogP contribution < -0.4 is 5.32 Å². The zero-order chi connectivity index (χ0) is 21.9. The van der Waals surface area contributed by atoms with Gasteiger partial charge in [0.15, 0.2) is 0 Å². The molecule has 0 bridgehead atoms. The van der Waals surface area contributed by atoms with Gasteiger partial charge >= 0.3 is 0 Å². The molecule has 8 heteroatoms. The van der Waals surface area contributed by atoms with Crippen molar-refractivity contribution in [1.29, 1.82) is 0 Å². The molecule has 0 atom stereocenters. The predicted molar refractivity (Wildman–Crippen MR) is 116 cm³/mol. The summed E-state index contributed by atoms with van der Waals surface area (Å²) < 4.78 is 27.2. The summed E-state index contributed by atoms with van der Waals surface area (Å²) in [4.78, 5) is 12.5. The number of hydrogen-bond donors (Lipinski definition) is 1. The molecule has 3 rings (SSSR count). The van der Waals surface area contributed by atoms with Gasteiger partial charge in [-0.1, -0.05) is 12.1 Å². The fourth-order valence-corrected chi connectivity index (χ4v) is 4.01. The fraction of sp³-hybridized carbons (Fsp3) is 0.273. The molecule has 0 aliphatic rings. The summed E-state index contributed by atoms with van der Waals surface area (Å²) in [5.74, 6) is -0.233. The Hall–Kier alpha value is -2.97. The van der Waals surface area contributed by atoms with Gasteiger partial charge < -0.3 is 5.32 Å². The van der Waals surface area contributed by atoms with Gasteiger partial charge in [-0.15, -0.1) is 0 Å². The molecule has 0 spiro atoms. The Balaban J connectivity index is 1.56. The van der Waals surface area contributed by atoms with Gasteiger partial charge in [-0.05, 0) is 68.3 Å². The van der Waals surface area contributed by atoms with Crippen LogP contribution >= 0.6 is 0 Å². The summed E-state index contributed by atoms with van der Waals surface area (Å²) in [5.41, 5.74) is 4.59. The normalized spacial score (nSPS) is 11.6. The molecule has 1 heterocycles. The average molecular weight is 427 g/mol. The van der Waals surface area contributed by atoms with Crippen molar-refractivity contribution in [2.24, 2.45) is 0 Å². The number of rotatable bonds is 7. The molecular formula is C22H26N4O3S.